The van der Waals surface area contributed by atoms with Gasteiger partial charge in [-0.05, 0) is 75.4 Å². The Balaban J connectivity index is 1.55. The molecule has 0 fully saturated rings. The van der Waals surface area contributed by atoms with Gasteiger partial charge in [0.25, 0.3) is 5.91 Å². The van der Waals surface area contributed by atoms with Crippen molar-refractivity contribution in [2.24, 2.45) is 5.10 Å². The van der Waals surface area contributed by atoms with Crippen molar-refractivity contribution in [3.8, 4) is 5.69 Å². The molecule has 2 heterocycles. The molecule has 0 spiro atoms. The van der Waals surface area contributed by atoms with Crippen molar-refractivity contribution in [1.29, 1.82) is 0 Å². The van der Waals surface area contributed by atoms with Crippen LogP contribution in [-0.4, -0.2) is 29.3 Å². The van der Waals surface area contributed by atoms with Gasteiger partial charge in [-0.1, -0.05) is 29.3 Å². The molecule has 0 saturated heterocycles. The lowest BCUT2D eigenvalue weighted by Crippen LogP contribution is -2.18. The monoisotopic (exact) mass is 538 g/mol. The number of amides is 1. The summed E-state index contributed by atoms with van der Waals surface area (Å²) < 4.78 is 12.9. The van der Waals surface area contributed by atoms with E-state index in [0.717, 1.165) is 17.1 Å². The van der Waals surface area contributed by atoms with Crippen LogP contribution in [0.5, 0.6) is 0 Å². The maximum Gasteiger partial charge on any atom is 0.345 e. The summed E-state index contributed by atoms with van der Waals surface area (Å²) in [5.41, 5.74) is 6.49. The Morgan fingerprint density at radius 2 is 1.76 bits per heavy atom. The molecule has 0 aliphatic rings. The number of halogens is 2. The van der Waals surface area contributed by atoms with E-state index in [1.807, 2.05) is 32.0 Å². The minimum absolute atomic E-state index is 0.00605. The number of aromatic nitrogens is 1. The van der Waals surface area contributed by atoms with Crippen LogP contribution >= 0.6 is 23.2 Å². The third-order valence-electron chi connectivity index (χ3n) is 5.44. The summed E-state index contributed by atoms with van der Waals surface area (Å²) in [5.74, 6) is -0.949. The van der Waals surface area contributed by atoms with E-state index in [1.54, 1.807) is 49.4 Å². The second-order valence-corrected chi connectivity index (χ2v) is 8.85. The molecule has 0 bridgehead atoms. The van der Waals surface area contributed by atoms with E-state index in [2.05, 4.69) is 20.4 Å². The summed E-state index contributed by atoms with van der Waals surface area (Å²) in [7, 11) is 0. The van der Waals surface area contributed by atoms with Crippen LogP contribution < -0.4 is 10.7 Å². The maximum atomic E-state index is 12.8. The van der Waals surface area contributed by atoms with Gasteiger partial charge in [0.1, 0.15) is 10.6 Å². The number of esters is 1. The molecule has 4 aromatic rings. The zero-order chi connectivity index (χ0) is 26.5. The molecule has 190 valence electrons. The summed E-state index contributed by atoms with van der Waals surface area (Å²) in [5, 5.41) is 7.52. The predicted octanol–water partition coefficient (Wildman–Crippen LogP) is 6.68. The molecule has 0 aliphatic carbocycles. The number of rotatable bonds is 8. The molecule has 1 amide bonds. The van der Waals surface area contributed by atoms with Gasteiger partial charge in [0.2, 0.25) is 5.88 Å². The minimum atomic E-state index is -0.663. The lowest BCUT2D eigenvalue weighted by Gasteiger charge is -2.10. The number of hydrazone groups is 1. The average molecular weight is 539 g/mol. The van der Waals surface area contributed by atoms with Crippen LogP contribution in [0.25, 0.3) is 5.69 Å². The molecule has 8 nitrogen and oxygen atoms in total. The lowest BCUT2D eigenvalue weighted by molar-refractivity contribution is 0.0527. The fourth-order valence-electron chi connectivity index (χ4n) is 3.73. The highest BCUT2D eigenvalue weighted by Gasteiger charge is 2.25. The Kier molecular flexibility index (Phi) is 8.01. The molecule has 10 heteroatoms. The van der Waals surface area contributed by atoms with Crippen molar-refractivity contribution >= 4 is 52.9 Å². The van der Waals surface area contributed by atoms with Crippen LogP contribution in [0.4, 0.5) is 11.6 Å². The van der Waals surface area contributed by atoms with Gasteiger partial charge in [-0.25, -0.2) is 10.2 Å². The fourth-order valence-corrected chi connectivity index (χ4v) is 4.10. The second kappa shape index (κ2) is 11.4. The minimum Gasteiger partial charge on any atom is -0.462 e. The van der Waals surface area contributed by atoms with E-state index in [4.69, 9.17) is 32.4 Å². The third kappa shape index (κ3) is 5.87. The van der Waals surface area contributed by atoms with E-state index in [9.17, 15) is 9.59 Å². The molecule has 37 heavy (non-hydrogen) atoms. The Labute approximate surface area is 223 Å². The van der Waals surface area contributed by atoms with Crippen molar-refractivity contribution < 1.29 is 18.7 Å². The van der Waals surface area contributed by atoms with Crippen molar-refractivity contribution in [2.75, 3.05) is 11.9 Å². The summed E-state index contributed by atoms with van der Waals surface area (Å²) in [6.07, 6.45) is 1.22. The Morgan fingerprint density at radius 1 is 1.05 bits per heavy atom. The first-order chi connectivity index (χ1) is 17.8. The fraction of sp³-hybridized carbons (Fsp3) is 0.148. The lowest BCUT2D eigenvalue weighted by atomic mass is 10.2. The van der Waals surface area contributed by atoms with E-state index in [1.165, 1.54) is 6.21 Å². The Bertz CT molecular complexity index is 1450. The molecule has 2 aromatic carbocycles. The van der Waals surface area contributed by atoms with Gasteiger partial charge in [-0.15, -0.1) is 0 Å². The molecule has 0 radical (unpaired) electrons. The van der Waals surface area contributed by atoms with Gasteiger partial charge in [-0.3, -0.25) is 4.79 Å². The zero-order valence-corrected chi connectivity index (χ0v) is 21.9. The quantitative estimate of drug-likeness (QED) is 0.148. The van der Waals surface area contributed by atoms with Gasteiger partial charge >= 0.3 is 5.97 Å². The summed E-state index contributed by atoms with van der Waals surface area (Å²) in [4.78, 5) is 25.3. The van der Waals surface area contributed by atoms with Crippen LogP contribution in [0.3, 0.4) is 0 Å². The number of hydrogen-bond acceptors (Lipinski definition) is 6. The number of carbonyl (C=O) groups excluding carboxylic acids is 2. The van der Waals surface area contributed by atoms with E-state index < -0.39 is 11.9 Å². The maximum absolute atomic E-state index is 12.8. The smallest absolute Gasteiger partial charge is 0.345 e. The highest BCUT2D eigenvalue weighted by molar-refractivity contribution is 6.36. The Hall–Kier alpha value is -4.01. The number of anilines is 2. The molecule has 0 aliphatic heterocycles. The molecular weight excluding hydrogens is 515 g/mol. The standard InChI is InChI=1S/C27H24Cl2N4O4/c1-4-36-27(35)23-24(29)22(37-26(23)31-20-12-10-19(28)11-13-20)15-30-32-25(34)18-6-5-7-21(14-18)33-16(2)8-9-17(33)3/h5-15,31H,4H2,1-3H3,(H,32,34)/b30-15-. The number of aryl methyl sites for hydroxylation is 2. The summed E-state index contributed by atoms with van der Waals surface area (Å²) in [6.45, 7) is 5.83. The summed E-state index contributed by atoms with van der Waals surface area (Å²) >= 11 is 12.4. The van der Waals surface area contributed by atoms with Crippen LogP contribution in [0.1, 0.15) is 44.8 Å². The number of nitrogens with one attached hydrogen (secondary N) is 2. The number of hydrogen-bond donors (Lipinski definition) is 2. The van der Waals surface area contributed by atoms with Crippen molar-refractivity contribution in [2.45, 2.75) is 20.8 Å². The van der Waals surface area contributed by atoms with E-state index in [-0.39, 0.29) is 28.8 Å². The van der Waals surface area contributed by atoms with Crippen LogP contribution in [0.15, 0.2) is 70.2 Å². The molecule has 4 rings (SSSR count). The first kappa shape index (κ1) is 26.1. The number of ether oxygens (including phenoxy) is 1. The molecular formula is C27H24Cl2N4O4. The number of carbonyl (C=O) groups is 2. The van der Waals surface area contributed by atoms with E-state index >= 15 is 0 Å². The van der Waals surface area contributed by atoms with Gasteiger partial charge in [-0.2, -0.15) is 5.10 Å². The molecule has 0 unspecified atom stereocenters. The van der Waals surface area contributed by atoms with Crippen LogP contribution in [0, 0.1) is 13.8 Å². The van der Waals surface area contributed by atoms with E-state index in [0.29, 0.717) is 16.3 Å². The average Bonchev–Trinajstić information content (AvgIpc) is 3.38. The van der Waals surface area contributed by atoms with Gasteiger partial charge < -0.3 is 19.0 Å². The largest absolute Gasteiger partial charge is 0.462 e. The van der Waals surface area contributed by atoms with Crippen LogP contribution in [0.2, 0.25) is 10.0 Å². The zero-order valence-electron chi connectivity index (χ0n) is 20.3. The highest BCUT2D eigenvalue weighted by atomic mass is 35.5. The van der Waals surface area contributed by atoms with Crippen molar-refractivity contribution in [3.05, 3.63) is 99.0 Å². The third-order valence-corrected chi connectivity index (χ3v) is 6.07. The Morgan fingerprint density at radius 3 is 2.43 bits per heavy atom. The first-order valence-electron chi connectivity index (χ1n) is 11.4. The number of nitrogens with zero attached hydrogens (tertiary/aromatic N) is 2. The predicted molar refractivity (Wildman–Crippen MR) is 145 cm³/mol. The SMILES string of the molecule is CCOC(=O)c1c(Nc2ccc(Cl)cc2)oc(/C=N\NC(=O)c2cccc(-n3c(C)ccc3C)c2)c1Cl. The van der Waals surface area contributed by atoms with Gasteiger partial charge in [0.05, 0.1) is 12.8 Å². The van der Waals surface area contributed by atoms with Crippen molar-refractivity contribution in [3.63, 3.8) is 0 Å². The highest BCUT2D eigenvalue weighted by Crippen LogP contribution is 2.34. The van der Waals surface area contributed by atoms with Gasteiger partial charge in [0, 0.05) is 33.3 Å². The second-order valence-electron chi connectivity index (χ2n) is 8.04. The molecule has 2 aromatic heterocycles. The number of furan rings is 1. The first-order valence-corrected chi connectivity index (χ1v) is 12.1. The normalized spacial score (nSPS) is 11.1. The molecule has 0 atom stereocenters. The van der Waals surface area contributed by atoms with Crippen molar-refractivity contribution in [1.82, 2.24) is 9.99 Å². The molecule has 0 saturated carbocycles. The number of benzene rings is 2. The van der Waals surface area contributed by atoms with Gasteiger partial charge in [0.15, 0.2) is 5.76 Å². The topological polar surface area (TPSA) is 97.9 Å². The molecule has 2 N–H and O–H groups in total. The van der Waals surface area contributed by atoms with Crippen LogP contribution in [-0.2, 0) is 4.74 Å². The summed E-state index contributed by atoms with van der Waals surface area (Å²) in [6, 6.07) is 18.0.